The van der Waals surface area contributed by atoms with Crippen LogP contribution in [0.5, 0.6) is 5.75 Å². The van der Waals surface area contributed by atoms with Crippen LogP contribution in [0.3, 0.4) is 0 Å². The number of fused-ring (bicyclic) bond motifs is 1. The van der Waals surface area contributed by atoms with E-state index in [1.807, 2.05) is 18.2 Å². The van der Waals surface area contributed by atoms with Gasteiger partial charge in [-0.15, -0.1) is 10.2 Å². The van der Waals surface area contributed by atoms with Gasteiger partial charge in [0.1, 0.15) is 17.5 Å². The average molecular weight is 533 g/mol. The molecular formula is C28H36N8O3. The lowest BCUT2D eigenvalue weighted by Crippen LogP contribution is -2.55. The number of hydrogen-bond donors (Lipinski definition) is 2. The Balaban J connectivity index is 1.23. The maximum absolute atomic E-state index is 13.2. The molecule has 2 aromatic heterocycles. The van der Waals surface area contributed by atoms with Gasteiger partial charge in [0.05, 0.1) is 25.5 Å². The highest BCUT2D eigenvalue weighted by molar-refractivity contribution is 6.04. The highest BCUT2D eigenvalue weighted by Crippen LogP contribution is 2.40. The molecule has 0 saturated heterocycles. The van der Waals surface area contributed by atoms with Gasteiger partial charge in [-0.2, -0.15) is 4.98 Å². The largest absolute Gasteiger partial charge is 0.495 e. The molecule has 3 aliphatic rings. The second kappa shape index (κ2) is 10.8. The Morgan fingerprint density at radius 1 is 1.15 bits per heavy atom. The molecule has 1 aromatic carbocycles. The van der Waals surface area contributed by atoms with Crippen molar-refractivity contribution in [1.29, 1.82) is 0 Å². The predicted octanol–water partition coefficient (Wildman–Crippen LogP) is 4.28. The Bertz CT molecular complexity index is 1330. The van der Waals surface area contributed by atoms with Crippen LogP contribution < -0.4 is 25.2 Å². The molecule has 3 heterocycles. The first kappa shape index (κ1) is 25.5. The van der Waals surface area contributed by atoms with Crippen LogP contribution in [0.25, 0.3) is 11.5 Å². The van der Waals surface area contributed by atoms with Crippen molar-refractivity contribution in [2.75, 3.05) is 35.8 Å². The first-order valence-corrected chi connectivity index (χ1v) is 14.0. The number of ether oxygens (including phenoxy) is 1. The second-order valence-electron chi connectivity index (χ2n) is 10.7. The van der Waals surface area contributed by atoms with E-state index in [1.54, 1.807) is 25.3 Å². The molecule has 1 aliphatic heterocycles. The van der Waals surface area contributed by atoms with E-state index in [-0.39, 0.29) is 11.9 Å². The molecule has 2 saturated carbocycles. The number of methoxy groups -OCH3 is 1. The molecule has 2 fully saturated rings. The van der Waals surface area contributed by atoms with Crippen molar-refractivity contribution in [3.63, 3.8) is 0 Å². The fourth-order valence-electron chi connectivity index (χ4n) is 5.64. The maximum atomic E-state index is 13.2. The summed E-state index contributed by atoms with van der Waals surface area (Å²) in [7, 11) is 3.42. The molecule has 1 atom stereocenters. The summed E-state index contributed by atoms with van der Waals surface area (Å²) in [6.07, 6.45) is 9.56. The van der Waals surface area contributed by atoms with Gasteiger partial charge in [-0.25, -0.2) is 4.98 Å². The highest BCUT2D eigenvalue weighted by atomic mass is 16.5. The summed E-state index contributed by atoms with van der Waals surface area (Å²) in [6, 6.07) is 5.75. The molecule has 2 aliphatic carbocycles. The van der Waals surface area contributed by atoms with Gasteiger partial charge in [0, 0.05) is 18.7 Å². The van der Waals surface area contributed by atoms with Gasteiger partial charge >= 0.3 is 0 Å². The van der Waals surface area contributed by atoms with Crippen LogP contribution in [0.4, 0.5) is 23.1 Å². The fraction of sp³-hybridized carbons (Fsp3) is 0.536. The van der Waals surface area contributed by atoms with E-state index < -0.39 is 0 Å². The van der Waals surface area contributed by atoms with Gasteiger partial charge in [0.25, 0.3) is 0 Å². The minimum atomic E-state index is -0.217. The van der Waals surface area contributed by atoms with Crippen molar-refractivity contribution in [1.82, 2.24) is 25.5 Å². The molecule has 0 bridgehead atoms. The van der Waals surface area contributed by atoms with Gasteiger partial charge < -0.3 is 29.6 Å². The molecule has 1 amide bonds. The predicted molar refractivity (Wildman–Crippen MR) is 148 cm³/mol. The quantitative estimate of drug-likeness (QED) is 0.391. The van der Waals surface area contributed by atoms with Crippen molar-refractivity contribution in [2.45, 2.75) is 70.5 Å². The van der Waals surface area contributed by atoms with E-state index in [2.05, 4.69) is 37.6 Å². The van der Waals surface area contributed by atoms with Crippen molar-refractivity contribution in [3.05, 3.63) is 30.3 Å². The SMILES string of the molecule is CC[C@@H]1C(=O)N(C)c2cnc(Nc3ccc(-c4nnc(CNCC5CC5)o4)cc3OC)nc2N1C1CCCC1. The van der Waals surface area contributed by atoms with Crippen molar-refractivity contribution in [2.24, 2.45) is 5.92 Å². The molecule has 39 heavy (non-hydrogen) atoms. The van der Waals surface area contributed by atoms with Gasteiger partial charge in [0.2, 0.25) is 23.6 Å². The lowest BCUT2D eigenvalue weighted by Gasteiger charge is -2.43. The zero-order chi connectivity index (χ0) is 26.9. The number of rotatable bonds is 10. The topological polar surface area (TPSA) is 122 Å². The highest BCUT2D eigenvalue weighted by Gasteiger charge is 2.41. The number of anilines is 4. The smallest absolute Gasteiger partial charge is 0.249 e. The summed E-state index contributed by atoms with van der Waals surface area (Å²) < 4.78 is 11.6. The van der Waals surface area contributed by atoms with E-state index >= 15 is 0 Å². The van der Waals surface area contributed by atoms with Crippen LogP contribution in [0.2, 0.25) is 0 Å². The fourth-order valence-corrected chi connectivity index (χ4v) is 5.64. The van der Waals surface area contributed by atoms with E-state index in [1.165, 1.54) is 25.7 Å². The van der Waals surface area contributed by atoms with Crippen LogP contribution in [0.1, 0.15) is 57.8 Å². The van der Waals surface area contributed by atoms with Crippen molar-refractivity contribution in [3.8, 4) is 17.2 Å². The zero-order valence-electron chi connectivity index (χ0n) is 22.8. The average Bonchev–Trinajstić information content (AvgIpc) is 3.40. The van der Waals surface area contributed by atoms with Gasteiger partial charge in [-0.05, 0) is 62.8 Å². The Morgan fingerprint density at radius 2 is 1.97 bits per heavy atom. The van der Waals surface area contributed by atoms with E-state index in [4.69, 9.17) is 14.1 Å². The molecule has 3 aromatic rings. The van der Waals surface area contributed by atoms with Gasteiger partial charge in [-0.3, -0.25) is 4.79 Å². The second-order valence-corrected chi connectivity index (χ2v) is 10.7. The Morgan fingerprint density at radius 3 is 2.72 bits per heavy atom. The summed E-state index contributed by atoms with van der Waals surface area (Å²) in [5.74, 6) is 3.75. The number of carbonyl (C=O) groups is 1. The minimum absolute atomic E-state index is 0.0985. The van der Waals surface area contributed by atoms with Crippen molar-refractivity contribution >= 4 is 29.0 Å². The Labute approximate surface area is 228 Å². The van der Waals surface area contributed by atoms with E-state index in [0.717, 1.165) is 48.8 Å². The van der Waals surface area contributed by atoms with Gasteiger partial charge in [-0.1, -0.05) is 19.8 Å². The van der Waals surface area contributed by atoms with Crippen LogP contribution in [0.15, 0.2) is 28.8 Å². The normalized spacial score (nSPS) is 19.5. The minimum Gasteiger partial charge on any atom is -0.495 e. The summed E-state index contributed by atoms with van der Waals surface area (Å²) in [6.45, 7) is 3.61. The summed E-state index contributed by atoms with van der Waals surface area (Å²) >= 11 is 0. The third-order valence-electron chi connectivity index (χ3n) is 7.98. The molecule has 206 valence electrons. The monoisotopic (exact) mass is 532 g/mol. The molecule has 2 N–H and O–H groups in total. The number of likely N-dealkylation sites (N-methyl/N-ethyl adjacent to an activating group) is 1. The van der Waals surface area contributed by atoms with E-state index in [0.29, 0.717) is 41.8 Å². The lowest BCUT2D eigenvalue weighted by atomic mass is 10.0. The number of nitrogens with one attached hydrogen (secondary N) is 2. The van der Waals surface area contributed by atoms with Crippen LogP contribution >= 0.6 is 0 Å². The number of benzene rings is 1. The first-order valence-electron chi connectivity index (χ1n) is 14.0. The number of amides is 1. The zero-order valence-corrected chi connectivity index (χ0v) is 22.8. The summed E-state index contributed by atoms with van der Waals surface area (Å²) in [5, 5.41) is 15.1. The van der Waals surface area contributed by atoms with Crippen LogP contribution in [0, 0.1) is 5.92 Å². The summed E-state index contributed by atoms with van der Waals surface area (Å²) in [4.78, 5) is 26.6. The summed E-state index contributed by atoms with van der Waals surface area (Å²) in [5.41, 5.74) is 2.22. The van der Waals surface area contributed by atoms with Crippen LogP contribution in [-0.2, 0) is 11.3 Å². The molecule has 11 nitrogen and oxygen atoms in total. The molecule has 11 heteroatoms. The number of carbonyl (C=O) groups excluding carboxylic acids is 1. The van der Waals surface area contributed by atoms with Crippen molar-refractivity contribution < 1.29 is 13.9 Å². The number of nitrogens with zero attached hydrogens (tertiary/aromatic N) is 6. The molecular weight excluding hydrogens is 496 g/mol. The number of aromatic nitrogens is 4. The molecule has 0 unspecified atom stereocenters. The number of hydrogen-bond acceptors (Lipinski definition) is 10. The Hall–Kier alpha value is -3.73. The lowest BCUT2D eigenvalue weighted by molar-refractivity contribution is -0.120. The molecule has 6 rings (SSSR count). The maximum Gasteiger partial charge on any atom is 0.249 e. The molecule has 0 spiro atoms. The van der Waals surface area contributed by atoms with E-state index in [9.17, 15) is 4.79 Å². The Kier molecular flexibility index (Phi) is 7.07. The molecule has 0 radical (unpaired) electrons. The van der Waals surface area contributed by atoms with Crippen LogP contribution in [-0.4, -0.2) is 58.9 Å². The first-order chi connectivity index (χ1) is 19.1. The third-order valence-corrected chi connectivity index (χ3v) is 7.98. The standard InChI is InChI=1S/C28H36N8O3/c1-4-21-27(37)35(2)22-15-30-28(32-25(22)36(21)19-7-5-6-8-19)31-20-12-11-18(13-23(20)38-3)26-34-33-24(39-26)16-29-14-17-9-10-17/h11-13,15,17,19,21,29H,4-10,14,16H2,1-3H3,(H,30,31,32)/t21-/m1/s1. The van der Waals surface area contributed by atoms with Gasteiger partial charge in [0.15, 0.2) is 5.82 Å². The third kappa shape index (κ3) is 5.15.